The molecule has 3 heteroatoms. The lowest BCUT2D eigenvalue weighted by Crippen LogP contribution is -2.12. The number of hydrogen-bond donors (Lipinski definition) is 1. The van der Waals surface area contributed by atoms with E-state index in [4.69, 9.17) is 5.73 Å². The molecule has 1 nitrogen and oxygen atoms in total. The van der Waals surface area contributed by atoms with E-state index < -0.39 is 0 Å². The van der Waals surface area contributed by atoms with E-state index in [2.05, 4.69) is 61.0 Å². The van der Waals surface area contributed by atoms with E-state index >= 15 is 0 Å². The van der Waals surface area contributed by atoms with Crippen LogP contribution < -0.4 is 5.73 Å². The first-order valence-electron chi connectivity index (χ1n) is 5.57. The molecular formula is C14H16BrNS. The molecule has 0 aliphatic rings. The molecular weight excluding hydrogens is 294 g/mol. The molecule has 2 rings (SSSR count). The second-order valence-corrected chi connectivity index (χ2v) is 6.69. The van der Waals surface area contributed by atoms with Crippen LogP contribution in [0.25, 0.3) is 0 Å². The number of aryl methyl sites for hydroxylation is 3. The molecule has 17 heavy (non-hydrogen) atoms. The fourth-order valence-corrected chi connectivity index (χ4v) is 3.49. The molecule has 0 saturated heterocycles. The summed E-state index contributed by atoms with van der Waals surface area (Å²) in [7, 11) is 0. The Morgan fingerprint density at radius 3 is 2.41 bits per heavy atom. The van der Waals surface area contributed by atoms with Gasteiger partial charge in [-0.05, 0) is 44.0 Å². The highest BCUT2D eigenvalue weighted by atomic mass is 79.9. The maximum absolute atomic E-state index is 6.38. The van der Waals surface area contributed by atoms with E-state index in [0.29, 0.717) is 0 Å². The Bertz CT molecular complexity index is 545. The molecule has 1 atom stereocenters. The van der Waals surface area contributed by atoms with Gasteiger partial charge in [0, 0.05) is 14.2 Å². The summed E-state index contributed by atoms with van der Waals surface area (Å²) in [5.41, 5.74) is 10.0. The maximum atomic E-state index is 6.38. The van der Waals surface area contributed by atoms with Crippen molar-refractivity contribution in [3.8, 4) is 0 Å². The van der Waals surface area contributed by atoms with Crippen LogP contribution in [0.15, 0.2) is 28.7 Å². The van der Waals surface area contributed by atoms with Crippen molar-refractivity contribution in [2.75, 3.05) is 0 Å². The molecule has 1 aromatic carbocycles. The summed E-state index contributed by atoms with van der Waals surface area (Å²) in [5, 5.41) is 0. The first kappa shape index (κ1) is 12.8. The molecule has 0 radical (unpaired) electrons. The van der Waals surface area contributed by atoms with Gasteiger partial charge in [-0.3, -0.25) is 0 Å². The summed E-state index contributed by atoms with van der Waals surface area (Å²) < 4.78 is 1.08. The van der Waals surface area contributed by atoms with E-state index in [1.54, 1.807) is 11.3 Å². The van der Waals surface area contributed by atoms with E-state index in [0.717, 1.165) is 10.0 Å². The highest BCUT2D eigenvalue weighted by molar-refractivity contribution is 9.10. The fraction of sp³-hybridized carbons (Fsp3) is 0.286. The molecule has 0 saturated carbocycles. The first-order chi connectivity index (χ1) is 7.99. The largest absolute Gasteiger partial charge is 0.320 e. The summed E-state index contributed by atoms with van der Waals surface area (Å²) in [5.74, 6) is 0. The topological polar surface area (TPSA) is 26.0 Å². The smallest absolute Gasteiger partial charge is 0.0573 e. The van der Waals surface area contributed by atoms with Crippen LogP contribution in [-0.4, -0.2) is 0 Å². The van der Waals surface area contributed by atoms with Crippen molar-refractivity contribution in [3.63, 3.8) is 0 Å². The SMILES string of the molecule is Cc1ccc(Br)c(C(N)c2cc(C)sc2C)c1. The van der Waals surface area contributed by atoms with Crippen LogP contribution in [0.1, 0.15) is 32.5 Å². The Morgan fingerprint density at radius 1 is 1.12 bits per heavy atom. The van der Waals surface area contributed by atoms with Gasteiger partial charge < -0.3 is 5.73 Å². The minimum Gasteiger partial charge on any atom is -0.320 e. The van der Waals surface area contributed by atoms with Crippen LogP contribution in [0, 0.1) is 20.8 Å². The van der Waals surface area contributed by atoms with Gasteiger partial charge in [0.25, 0.3) is 0 Å². The highest BCUT2D eigenvalue weighted by Crippen LogP contribution is 2.32. The number of nitrogens with two attached hydrogens (primary N) is 1. The van der Waals surface area contributed by atoms with Gasteiger partial charge >= 0.3 is 0 Å². The second-order valence-electron chi connectivity index (χ2n) is 4.37. The summed E-state index contributed by atoms with van der Waals surface area (Å²) in [6.45, 7) is 6.35. The maximum Gasteiger partial charge on any atom is 0.0573 e. The number of rotatable bonds is 2. The molecule has 1 aromatic heterocycles. The highest BCUT2D eigenvalue weighted by Gasteiger charge is 2.16. The molecule has 0 spiro atoms. The molecule has 2 aromatic rings. The van der Waals surface area contributed by atoms with E-state index in [1.165, 1.54) is 20.9 Å². The molecule has 2 N–H and O–H groups in total. The zero-order chi connectivity index (χ0) is 12.6. The lowest BCUT2D eigenvalue weighted by Gasteiger charge is -2.14. The molecule has 1 unspecified atom stereocenters. The third-order valence-corrected chi connectivity index (χ3v) is 4.60. The molecule has 0 bridgehead atoms. The van der Waals surface area contributed by atoms with Gasteiger partial charge in [0.05, 0.1) is 6.04 Å². The minimum absolute atomic E-state index is 0.0470. The van der Waals surface area contributed by atoms with Gasteiger partial charge in [-0.1, -0.05) is 33.6 Å². The Morgan fingerprint density at radius 2 is 1.82 bits per heavy atom. The quantitative estimate of drug-likeness (QED) is 0.869. The van der Waals surface area contributed by atoms with Crippen LogP contribution in [0.5, 0.6) is 0 Å². The van der Waals surface area contributed by atoms with Crippen molar-refractivity contribution in [3.05, 3.63) is 55.2 Å². The minimum atomic E-state index is -0.0470. The van der Waals surface area contributed by atoms with Crippen molar-refractivity contribution < 1.29 is 0 Å². The van der Waals surface area contributed by atoms with Crippen LogP contribution >= 0.6 is 27.3 Å². The number of benzene rings is 1. The number of hydrogen-bond acceptors (Lipinski definition) is 2. The van der Waals surface area contributed by atoms with Crippen LogP contribution in [0.2, 0.25) is 0 Å². The van der Waals surface area contributed by atoms with Gasteiger partial charge in [-0.2, -0.15) is 0 Å². The summed E-state index contributed by atoms with van der Waals surface area (Å²) in [4.78, 5) is 2.63. The third kappa shape index (κ3) is 2.62. The van der Waals surface area contributed by atoms with Crippen LogP contribution in [-0.2, 0) is 0 Å². The lowest BCUT2D eigenvalue weighted by molar-refractivity contribution is 0.861. The van der Waals surface area contributed by atoms with Crippen molar-refractivity contribution in [2.24, 2.45) is 5.73 Å². The Kier molecular flexibility index (Phi) is 3.71. The Labute approximate surface area is 115 Å². The van der Waals surface area contributed by atoms with Gasteiger partial charge in [-0.15, -0.1) is 11.3 Å². The molecule has 1 heterocycles. The normalized spacial score (nSPS) is 12.8. The van der Waals surface area contributed by atoms with Gasteiger partial charge in [-0.25, -0.2) is 0 Å². The summed E-state index contributed by atoms with van der Waals surface area (Å²) >= 11 is 5.39. The second kappa shape index (κ2) is 4.92. The standard InChI is InChI=1S/C14H16BrNS/c1-8-4-5-13(15)12(6-8)14(16)11-7-9(2)17-10(11)3/h4-7,14H,16H2,1-3H3. The number of halogens is 1. The zero-order valence-corrected chi connectivity index (χ0v) is 12.7. The Balaban J connectivity index is 2.46. The zero-order valence-electron chi connectivity index (χ0n) is 10.3. The predicted molar refractivity (Wildman–Crippen MR) is 78.7 cm³/mol. The molecule has 90 valence electrons. The lowest BCUT2D eigenvalue weighted by atomic mass is 9.98. The third-order valence-electron chi connectivity index (χ3n) is 2.90. The Hall–Kier alpha value is -0.640. The van der Waals surface area contributed by atoms with Crippen molar-refractivity contribution >= 4 is 27.3 Å². The van der Waals surface area contributed by atoms with Crippen LogP contribution in [0.4, 0.5) is 0 Å². The van der Waals surface area contributed by atoms with E-state index in [1.807, 2.05) is 0 Å². The predicted octanol–water partition coefficient (Wildman–Crippen LogP) is 4.48. The summed E-state index contributed by atoms with van der Waals surface area (Å²) in [6.07, 6.45) is 0. The molecule has 0 aliphatic carbocycles. The van der Waals surface area contributed by atoms with Gasteiger partial charge in [0.1, 0.15) is 0 Å². The van der Waals surface area contributed by atoms with E-state index in [-0.39, 0.29) is 6.04 Å². The van der Waals surface area contributed by atoms with Crippen molar-refractivity contribution in [1.82, 2.24) is 0 Å². The summed E-state index contributed by atoms with van der Waals surface area (Å²) in [6, 6.07) is 8.46. The van der Waals surface area contributed by atoms with Crippen molar-refractivity contribution in [2.45, 2.75) is 26.8 Å². The monoisotopic (exact) mass is 309 g/mol. The van der Waals surface area contributed by atoms with Gasteiger partial charge in [0.15, 0.2) is 0 Å². The molecule has 0 fully saturated rings. The molecule has 0 amide bonds. The average molecular weight is 310 g/mol. The van der Waals surface area contributed by atoms with E-state index in [9.17, 15) is 0 Å². The van der Waals surface area contributed by atoms with Crippen molar-refractivity contribution in [1.29, 1.82) is 0 Å². The molecule has 0 aliphatic heterocycles. The van der Waals surface area contributed by atoms with Gasteiger partial charge in [0.2, 0.25) is 0 Å². The van der Waals surface area contributed by atoms with Crippen LogP contribution in [0.3, 0.4) is 0 Å². The number of thiophene rings is 1. The average Bonchev–Trinajstić information content (AvgIpc) is 2.60. The fourth-order valence-electron chi connectivity index (χ4n) is 2.03. The first-order valence-corrected chi connectivity index (χ1v) is 7.18.